The van der Waals surface area contributed by atoms with E-state index in [1.54, 1.807) is 25.3 Å². The zero-order chi connectivity index (χ0) is 14.4. The molecule has 7 heteroatoms. The monoisotopic (exact) mass is 330 g/mol. The van der Waals surface area contributed by atoms with Crippen molar-refractivity contribution in [1.29, 1.82) is 0 Å². The van der Waals surface area contributed by atoms with E-state index >= 15 is 0 Å². The molecule has 3 N–H and O–H groups in total. The van der Waals surface area contributed by atoms with Crippen molar-refractivity contribution in [2.75, 3.05) is 19.0 Å². The van der Waals surface area contributed by atoms with Crippen LogP contribution < -0.4 is 15.4 Å². The van der Waals surface area contributed by atoms with Gasteiger partial charge in [0.1, 0.15) is 5.75 Å². The van der Waals surface area contributed by atoms with E-state index < -0.39 is 17.9 Å². The molecule has 1 rings (SSSR count). The first-order valence-electron chi connectivity index (χ1n) is 5.55. The van der Waals surface area contributed by atoms with Crippen LogP contribution in [0, 0.1) is 5.92 Å². The maximum Gasteiger partial charge on any atom is 0.319 e. The van der Waals surface area contributed by atoms with Gasteiger partial charge in [0.15, 0.2) is 0 Å². The minimum Gasteiger partial charge on any atom is -0.496 e. The van der Waals surface area contributed by atoms with Crippen LogP contribution in [0.4, 0.5) is 10.5 Å². The highest BCUT2D eigenvalue weighted by Gasteiger charge is 2.12. The molecule has 0 heterocycles. The molecule has 1 atom stereocenters. The molecule has 104 valence electrons. The Bertz CT molecular complexity index is 479. The van der Waals surface area contributed by atoms with Crippen molar-refractivity contribution < 1.29 is 19.4 Å². The third-order valence-corrected chi connectivity index (χ3v) is 3.02. The summed E-state index contributed by atoms with van der Waals surface area (Å²) in [5.74, 6) is -0.925. The molecule has 1 aromatic carbocycles. The molecule has 6 nitrogen and oxygen atoms in total. The summed E-state index contributed by atoms with van der Waals surface area (Å²) in [4.78, 5) is 22.1. The van der Waals surface area contributed by atoms with Crippen molar-refractivity contribution in [3.8, 4) is 5.75 Å². The van der Waals surface area contributed by atoms with Crippen LogP contribution in [0.15, 0.2) is 22.7 Å². The van der Waals surface area contributed by atoms with Gasteiger partial charge in [0.2, 0.25) is 0 Å². The highest BCUT2D eigenvalue weighted by Crippen LogP contribution is 2.27. The Kier molecular flexibility index (Phi) is 5.62. The SMILES string of the molecule is COc1ccc(NC(=O)NCC(C)C(=O)O)cc1Br. The smallest absolute Gasteiger partial charge is 0.319 e. The number of halogens is 1. The summed E-state index contributed by atoms with van der Waals surface area (Å²) in [5.41, 5.74) is 0.577. The van der Waals surface area contributed by atoms with E-state index in [1.807, 2.05) is 0 Å². The van der Waals surface area contributed by atoms with Crippen molar-refractivity contribution in [3.63, 3.8) is 0 Å². The van der Waals surface area contributed by atoms with Gasteiger partial charge in [-0.15, -0.1) is 0 Å². The normalized spacial score (nSPS) is 11.5. The first kappa shape index (κ1) is 15.3. The van der Waals surface area contributed by atoms with E-state index in [4.69, 9.17) is 9.84 Å². The van der Waals surface area contributed by atoms with Gasteiger partial charge < -0.3 is 20.5 Å². The standard InChI is InChI=1S/C12H15BrN2O4/c1-7(11(16)17)6-14-12(18)15-8-3-4-10(19-2)9(13)5-8/h3-5,7H,6H2,1-2H3,(H,16,17)(H2,14,15,18). The number of urea groups is 1. The Morgan fingerprint density at radius 2 is 2.16 bits per heavy atom. The zero-order valence-electron chi connectivity index (χ0n) is 10.6. The fraction of sp³-hybridized carbons (Fsp3) is 0.333. The minimum atomic E-state index is -0.951. The molecule has 0 radical (unpaired) electrons. The number of carboxylic acids is 1. The van der Waals surface area contributed by atoms with Crippen LogP contribution in [-0.4, -0.2) is 30.8 Å². The van der Waals surface area contributed by atoms with Gasteiger partial charge in [0.05, 0.1) is 17.5 Å². The number of methoxy groups -OCH3 is 1. The van der Waals surface area contributed by atoms with E-state index in [-0.39, 0.29) is 6.54 Å². The first-order chi connectivity index (χ1) is 8.93. The molecular weight excluding hydrogens is 316 g/mol. The fourth-order valence-corrected chi connectivity index (χ4v) is 1.79. The predicted octanol–water partition coefficient (Wildman–Crippen LogP) is 2.30. The molecule has 0 aromatic heterocycles. The van der Waals surface area contributed by atoms with Crippen molar-refractivity contribution in [1.82, 2.24) is 5.32 Å². The number of hydrogen-bond acceptors (Lipinski definition) is 3. The second kappa shape index (κ2) is 6.98. The van der Waals surface area contributed by atoms with Crippen LogP contribution in [-0.2, 0) is 4.79 Å². The van der Waals surface area contributed by atoms with Crippen LogP contribution in [0.5, 0.6) is 5.75 Å². The molecule has 0 spiro atoms. The molecule has 1 unspecified atom stereocenters. The van der Waals surface area contributed by atoms with Crippen LogP contribution in [0.3, 0.4) is 0 Å². The van der Waals surface area contributed by atoms with Crippen LogP contribution in [0.25, 0.3) is 0 Å². The Balaban J connectivity index is 2.53. The largest absolute Gasteiger partial charge is 0.496 e. The molecule has 0 saturated heterocycles. The maximum atomic E-state index is 11.5. The van der Waals surface area contributed by atoms with E-state index in [0.29, 0.717) is 15.9 Å². The van der Waals surface area contributed by atoms with Crippen LogP contribution in [0.1, 0.15) is 6.92 Å². The number of rotatable bonds is 5. The van der Waals surface area contributed by atoms with Crippen LogP contribution >= 0.6 is 15.9 Å². The van der Waals surface area contributed by atoms with E-state index in [9.17, 15) is 9.59 Å². The lowest BCUT2D eigenvalue weighted by Crippen LogP contribution is -2.34. The lowest BCUT2D eigenvalue weighted by molar-refractivity contribution is -0.140. The maximum absolute atomic E-state index is 11.5. The average molecular weight is 331 g/mol. The number of aliphatic carboxylic acids is 1. The molecule has 1 aromatic rings. The Morgan fingerprint density at radius 1 is 1.47 bits per heavy atom. The van der Waals surface area contributed by atoms with Crippen LogP contribution in [0.2, 0.25) is 0 Å². The van der Waals surface area contributed by atoms with Crippen molar-refractivity contribution in [2.45, 2.75) is 6.92 Å². The highest BCUT2D eigenvalue weighted by molar-refractivity contribution is 9.10. The number of amides is 2. The lowest BCUT2D eigenvalue weighted by Gasteiger charge is -2.11. The molecule has 0 aliphatic carbocycles. The molecule has 0 saturated carbocycles. The number of anilines is 1. The fourth-order valence-electron chi connectivity index (χ4n) is 1.25. The van der Waals surface area contributed by atoms with Gasteiger partial charge in [-0.05, 0) is 34.1 Å². The number of benzene rings is 1. The quantitative estimate of drug-likeness (QED) is 0.773. The summed E-state index contributed by atoms with van der Waals surface area (Å²) in [7, 11) is 1.55. The van der Waals surface area contributed by atoms with Gasteiger partial charge in [0, 0.05) is 12.2 Å². The Morgan fingerprint density at radius 3 is 2.68 bits per heavy atom. The number of ether oxygens (including phenoxy) is 1. The second-order valence-electron chi connectivity index (χ2n) is 3.92. The van der Waals surface area contributed by atoms with Crippen molar-refractivity contribution in [3.05, 3.63) is 22.7 Å². The third kappa shape index (κ3) is 4.78. The van der Waals surface area contributed by atoms with Gasteiger partial charge in [-0.25, -0.2) is 4.79 Å². The summed E-state index contributed by atoms with van der Waals surface area (Å²) in [6.45, 7) is 1.59. The lowest BCUT2D eigenvalue weighted by atomic mass is 10.2. The summed E-state index contributed by atoms with van der Waals surface area (Å²) in [5, 5.41) is 13.8. The van der Waals surface area contributed by atoms with Crippen molar-refractivity contribution >= 4 is 33.6 Å². The molecule has 19 heavy (non-hydrogen) atoms. The van der Waals surface area contributed by atoms with E-state index in [0.717, 1.165) is 0 Å². The van der Waals surface area contributed by atoms with E-state index in [1.165, 1.54) is 6.92 Å². The molecule has 0 bridgehead atoms. The van der Waals surface area contributed by atoms with Gasteiger partial charge >= 0.3 is 12.0 Å². The highest BCUT2D eigenvalue weighted by atomic mass is 79.9. The summed E-state index contributed by atoms with van der Waals surface area (Å²) < 4.78 is 5.78. The number of carboxylic acid groups (broad SMARTS) is 1. The second-order valence-corrected chi connectivity index (χ2v) is 4.78. The summed E-state index contributed by atoms with van der Waals surface area (Å²) in [6.07, 6.45) is 0. The van der Waals surface area contributed by atoms with Gasteiger partial charge in [0.25, 0.3) is 0 Å². The number of carbonyl (C=O) groups excluding carboxylic acids is 1. The molecule has 0 aliphatic rings. The minimum absolute atomic E-state index is 0.0679. The summed E-state index contributed by atoms with van der Waals surface area (Å²) >= 11 is 3.30. The Hall–Kier alpha value is -1.76. The van der Waals surface area contributed by atoms with Gasteiger partial charge in [-0.1, -0.05) is 6.92 Å². The predicted molar refractivity (Wildman–Crippen MR) is 74.5 cm³/mol. The molecule has 0 aliphatic heterocycles. The number of nitrogens with one attached hydrogen (secondary N) is 2. The molecule has 0 fully saturated rings. The number of hydrogen-bond donors (Lipinski definition) is 3. The topological polar surface area (TPSA) is 87.7 Å². The zero-order valence-corrected chi connectivity index (χ0v) is 12.2. The van der Waals surface area contributed by atoms with Gasteiger partial charge in [-0.2, -0.15) is 0 Å². The molecular formula is C12H15BrN2O4. The Labute approximate surface area is 119 Å². The first-order valence-corrected chi connectivity index (χ1v) is 6.34. The third-order valence-electron chi connectivity index (χ3n) is 2.40. The number of carbonyl (C=O) groups is 2. The van der Waals surface area contributed by atoms with E-state index in [2.05, 4.69) is 26.6 Å². The molecule has 2 amide bonds. The van der Waals surface area contributed by atoms with Gasteiger partial charge in [-0.3, -0.25) is 4.79 Å². The average Bonchev–Trinajstić information content (AvgIpc) is 2.36. The summed E-state index contributed by atoms with van der Waals surface area (Å²) in [6, 6.07) is 4.63. The van der Waals surface area contributed by atoms with Crippen molar-refractivity contribution in [2.24, 2.45) is 5.92 Å².